The number of pyridine rings is 1. The summed E-state index contributed by atoms with van der Waals surface area (Å²) >= 11 is 0. The Morgan fingerprint density at radius 1 is 1.32 bits per heavy atom. The number of rotatable bonds is 4. The number of halogens is 5. The van der Waals surface area contributed by atoms with Crippen molar-refractivity contribution in [1.29, 1.82) is 0 Å². The molecule has 0 aliphatic carbocycles. The Kier molecular flexibility index (Phi) is 5.28. The summed E-state index contributed by atoms with van der Waals surface area (Å²) in [7, 11) is 0. The van der Waals surface area contributed by atoms with E-state index >= 15 is 0 Å². The predicted octanol–water partition coefficient (Wildman–Crippen LogP) is 2.41. The molecule has 1 aliphatic heterocycles. The first-order valence-corrected chi connectivity index (χ1v) is 6.84. The van der Waals surface area contributed by atoms with Crippen molar-refractivity contribution in [2.24, 2.45) is 11.8 Å². The molecule has 0 spiro atoms. The largest absolute Gasteiger partial charge is 0.481 e. The fourth-order valence-electron chi connectivity index (χ4n) is 2.37. The highest BCUT2D eigenvalue weighted by atomic mass is 19.4. The third-order valence-corrected chi connectivity index (χ3v) is 3.54. The number of aromatic nitrogens is 1. The molecule has 2 atom stereocenters. The zero-order valence-electron chi connectivity index (χ0n) is 12.3. The summed E-state index contributed by atoms with van der Waals surface area (Å²) in [5.41, 5.74) is 0. The van der Waals surface area contributed by atoms with Gasteiger partial charge in [0.25, 0.3) is 0 Å². The van der Waals surface area contributed by atoms with Crippen LogP contribution < -0.4 is 10.1 Å². The fraction of sp³-hybridized carbons (Fsp3) is 0.462. The molecule has 0 unspecified atom stereocenters. The van der Waals surface area contributed by atoms with Crippen molar-refractivity contribution in [2.45, 2.75) is 12.8 Å². The summed E-state index contributed by atoms with van der Waals surface area (Å²) < 4.78 is 66.7. The lowest BCUT2D eigenvalue weighted by molar-refractivity contribution is -0.187. The van der Waals surface area contributed by atoms with Crippen molar-refractivity contribution >= 4 is 17.8 Å². The van der Waals surface area contributed by atoms with E-state index < -0.39 is 49.7 Å². The molecule has 2 amide bonds. The van der Waals surface area contributed by atoms with Gasteiger partial charge in [0.15, 0.2) is 0 Å². The second kappa shape index (κ2) is 7.07. The molecule has 1 saturated heterocycles. The van der Waals surface area contributed by atoms with Gasteiger partial charge in [-0.2, -0.15) is 22.0 Å². The third kappa shape index (κ3) is 4.67. The maximum atomic E-state index is 12.9. The number of nitrogens with zero attached hydrogens (tertiary/aromatic N) is 2. The number of carbonyl (C=O) groups is 2. The fourth-order valence-corrected chi connectivity index (χ4v) is 2.37. The molecule has 1 aliphatic rings. The molecular formula is C13H12F5N3O4. The van der Waals surface area contributed by atoms with Crippen LogP contribution in [-0.2, 0) is 4.79 Å². The number of hydrogen-bond acceptors (Lipinski definition) is 4. The van der Waals surface area contributed by atoms with Crippen LogP contribution in [0.1, 0.15) is 0 Å². The van der Waals surface area contributed by atoms with Gasteiger partial charge in [-0.05, 0) is 12.1 Å². The molecule has 1 fully saturated rings. The molecule has 2 N–H and O–H groups in total. The number of hydrogen-bond donors (Lipinski definition) is 2. The summed E-state index contributed by atoms with van der Waals surface area (Å²) in [6.07, 6.45) is -3.87. The van der Waals surface area contributed by atoms with E-state index in [9.17, 15) is 31.5 Å². The molecule has 0 bridgehead atoms. The van der Waals surface area contributed by atoms with E-state index in [4.69, 9.17) is 5.11 Å². The van der Waals surface area contributed by atoms with Crippen LogP contribution in [0, 0.1) is 11.8 Å². The molecule has 0 radical (unpaired) electrons. The van der Waals surface area contributed by atoms with Crippen molar-refractivity contribution in [2.75, 3.05) is 18.4 Å². The van der Waals surface area contributed by atoms with E-state index in [0.29, 0.717) is 4.90 Å². The molecule has 1 aromatic heterocycles. The summed E-state index contributed by atoms with van der Waals surface area (Å²) in [6, 6.07) is 1.21. The van der Waals surface area contributed by atoms with E-state index in [1.54, 1.807) is 0 Å². The maximum Gasteiger partial charge on any atom is 0.394 e. The number of carbonyl (C=O) groups excluding carboxylic acids is 1. The van der Waals surface area contributed by atoms with Gasteiger partial charge in [0.1, 0.15) is 11.6 Å². The Morgan fingerprint density at radius 3 is 2.44 bits per heavy atom. The number of likely N-dealkylation sites (tertiary alicyclic amines) is 1. The van der Waals surface area contributed by atoms with Crippen LogP contribution in [0.3, 0.4) is 0 Å². The van der Waals surface area contributed by atoms with Gasteiger partial charge in [0, 0.05) is 13.1 Å². The monoisotopic (exact) mass is 369 g/mol. The van der Waals surface area contributed by atoms with Crippen molar-refractivity contribution in [1.82, 2.24) is 9.88 Å². The first-order chi connectivity index (χ1) is 11.6. The highest BCUT2D eigenvalue weighted by Gasteiger charge is 2.53. The average Bonchev–Trinajstić information content (AvgIpc) is 2.94. The molecule has 12 heteroatoms. The Hall–Kier alpha value is -2.66. The maximum absolute atomic E-state index is 12.9. The number of carboxylic acids is 1. The van der Waals surface area contributed by atoms with Crippen LogP contribution in [0.15, 0.2) is 18.3 Å². The highest BCUT2D eigenvalue weighted by molar-refractivity contribution is 5.89. The van der Waals surface area contributed by atoms with Gasteiger partial charge in [-0.3, -0.25) is 10.1 Å². The lowest BCUT2D eigenvalue weighted by Gasteiger charge is -2.18. The Bertz CT molecular complexity index is 638. The van der Waals surface area contributed by atoms with E-state index in [-0.39, 0.29) is 11.6 Å². The number of urea groups is 1. The smallest absolute Gasteiger partial charge is 0.394 e. The predicted molar refractivity (Wildman–Crippen MR) is 72.1 cm³/mol. The van der Waals surface area contributed by atoms with Gasteiger partial charge in [-0.25, -0.2) is 9.78 Å². The molecule has 2 rings (SSSR count). The zero-order chi connectivity index (χ0) is 18.8. The Labute approximate surface area is 137 Å². The van der Waals surface area contributed by atoms with Crippen molar-refractivity contribution in [3.05, 3.63) is 18.3 Å². The molecule has 0 aromatic carbocycles. The number of amides is 2. The van der Waals surface area contributed by atoms with Gasteiger partial charge >= 0.3 is 24.8 Å². The Balaban J connectivity index is 2.02. The first-order valence-electron chi connectivity index (χ1n) is 6.84. The van der Waals surface area contributed by atoms with E-state index in [0.717, 1.165) is 18.3 Å². The minimum atomic E-state index is -4.76. The minimum Gasteiger partial charge on any atom is -0.481 e. The van der Waals surface area contributed by atoms with Gasteiger partial charge in [0.05, 0.1) is 18.0 Å². The highest BCUT2D eigenvalue weighted by Crippen LogP contribution is 2.37. The molecule has 2 heterocycles. The second-order valence-electron chi connectivity index (χ2n) is 5.19. The van der Waals surface area contributed by atoms with E-state index in [1.165, 1.54) is 0 Å². The molecule has 25 heavy (non-hydrogen) atoms. The number of carboxylic acid groups (broad SMARTS) is 1. The van der Waals surface area contributed by atoms with E-state index in [1.807, 2.05) is 0 Å². The van der Waals surface area contributed by atoms with Crippen molar-refractivity contribution in [3.63, 3.8) is 0 Å². The van der Waals surface area contributed by atoms with Crippen LogP contribution in [-0.4, -0.2) is 52.9 Å². The van der Waals surface area contributed by atoms with Crippen LogP contribution in [0.2, 0.25) is 0 Å². The van der Waals surface area contributed by atoms with Crippen LogP contribution in [0.25, 0.3) is 0 Å². The lowest BCUT2D eigenvalue weighted by atomic mass is 9.96. The van der Waals surface area contributed by atoms with Crippen molar-refractivity contribution in [3.8, 4) is 5.75 Å². The Morgan fingerprint density at radius 2 is 2.00 bits per heavy atom. The van der Waals surface area contributed by atoms with Gasteiger partial charge in [-0.1, -0.05) is 0 Å². The van der Waals surface area contributed by atoms with Gasteiger partial charge < -0.3 is 14.7 Å². The standard InChI is InChI=1S/C13H12F5N3O4/c14-11(15)25-6-1-2-9(19-3-6)20-12(24)21-4-7(10(22)23)8(5-21)13(16,17)18/h1-3,7-8,11H,4-5H2,(H,22,23)(H,19,20,24)/t7-,8-/m1/s1. The van der Waals surface area contributed by atoms with Gasteiger partial charge in [-0.15, -0.1) is 0 Å². The summed E-state index contributed by atoms with van der Waals surface area (Å²) in [4.78, 5) is 27.3. The number of aliphatic carboxylic acids is 1. The normalized spacial score (nSPS) is 20.6. The first kappa shape index (κ1) is 18.7. The number of anilines is 1. The summed E-state index contributed by atoms with van der Waals surface area (Å²) in [5.74, 6) is -5.97. The lowest BCUT2D eigenvalue weighted by Crippen LogP contribution is -2.35. The second-order valence-corrected chi connectivity index (χ2v) is 5.19. The quantitative estimate of drug-likeness (QED) is 0.796. The van der Waals surface area contributed by atoms with Crippen molar-refractivity contribution < 1.29 is 41.4 Å². The number of nitrogens with one attached hydrogen (secondary N) is 1. The molecule has 138 valence electrons. The average molecular weight is 369 g/mol. The van der Waals surface area contributed by atoms with Gasteiger partial charge in [0.2, 0.25) is 0 Å². The third-order valence-electron chi connectivity index (χ3n) is 3.54. The summed E-state index contributed by atoms with van der Waals surface area (Å²) in [6.45, 7) is -4.48. The molecular weight excluding hydrogens is 357 g/mol. The summed E-state index contributed by atoms with van der Waals surface area (Å²) in [5, 5.41) is 11.1. The van der Waals surface area contributed by atoms with Crippen LogP contribution in [0.5, 0.6) is 5.75 Å². The van der Waals surface area contributed by atoms with E-state index in [2.05, 4.69) is 15.0 Å². The topological polar surface area (TPSA) is 91.8 Å². The number of ether oxygens (including phenoxy) is 1. The SMILES string of the molecule is O=C(O)[C@@H]1CN(C(=O)Nc2ccc(OC(F)F)cn2)C[C@H]1C(F)(F)F. The van der Waals surface area contributed by atoms with Crippen LogP contribution in [0.4, 0.5) is 32.6 Å². The van der Waals surface area contributed by atoms with Crippen LogP contribution >= 0.6 is 0 Å². The molecule has 7 nitrogen and oxygen atoms in total. The minimum absolute atomic E-state index is 0.117. The zero-order valence-corrected chi connectivity index (χ0v) is 12.3. The number of alkyl halides is 5. The molecule has 0 saturated carbocycles. The molecule has 1 aromatic rings.